The van der Waals surface area contributed by atoms with Crippen molar-refractivity contribution < 1.29 is 13.9 Å². The van der Waals surface area contributed by atoms with E-state index in [2.05, 4.69) is 22.4 Å². The summed E-state index contributed by atoms with van der Waals surface area (Å²) in [6.07, 6.45) is 2.03. The molecule has 1 unspecified atom stereocenters. The summed E-state index contributed by atoms with van der Waals surface area (Å²) < 4.78 is 20.8. The molecule has 0 bridgehead atoms. The number of hydrogen-bond donors (Lipinski definition) is 1. The van der Waals surface area contributed by atoms with Gasteiger partial charge in [0.15, 0.2) is 11.0 Å². The van der Waals surface area contributed by atoms with E-state index in [0.717, 1.165) is 24.2 Å². The molecular formula is C28H27Cl2FN4O2S. The standard InChI is InChI=1S/C28H27Cl2FN4O2S/c1-3-4-15-37-23-12-7-20(8-13-23)27(36)32-18(2)26-33-34-28(38-17-19-5-10-22(31)11-6-19)35(26)25-14-9-21(29)16-24(25)30/h5-14,16,18H,3-4,15,17H2,1-2H3,(H,32,36). The first kappa shape index (κ1) is 28.0. The van der Waals surface area contributed by atoms with Gasteiger partial charge in [0.05, 0.1) is 23.4 Å². The van der Waals surface area contributed by atoms with Gasteiger partial charge >= 0.3 is 0 Å². The van der Waals surface area contributed by atoms with Crippen molar-refractivity contribution in [2.75, 3.05) is 6.61 Å². The SMILES string of the molecule is CCCCOc1ccc(C(=O)NC(C)c2nnc(SCc3ccc(F)cc3)n2-c2ccc(Cl)cc2Cl)cc1. The van der Waals surface area contributed by atoms with Crippen molar-refractivity contribution in [2.24, 2.45) is 0 Å². The summed E-state index contributed by atoms with van der Waals surface area (Å²) in [5, 5.41) is 13.3. The van der Waals surface area contributed by atoms with E-state index < -0.39 is 6.04 Å². The second-order valence-electron chi connectivity index (χ2n) is 8.61. The van der Waals surface area contributed by atoms with Crippen LogP contribution < -0.4 is 10.1 Å². The van der Waals surface area contributed by atoms with E-state index in [9.17, 15) is 9.18 Å². The third-order valence-electron chi connectivity index (χ3n) is 5.71. The number of rotatable bonds is 11. The first-order chi connectivity index (χ1) is 18.4. The quantitative estimate of drug-likeness (QED) is 0.147. The molecule has 1 heterocycles. The summed E-state index contributed by atoms with van der Waals surface area (Å²) in [6, 6.07) is 18.0. The molecule has 3 aromatic carbocycles. The van der Waals surface area contributed by atoms with Crippen LogP contribution in [0.25, 0.3) is 5.69 Å². The van der Waals surface area contributed by atoms with E-state index >= 15 is 0 Å². The lowest BCUT2D eigenvalue weighted by Gasteiger charge is -2.17. The number of nitrogens with one attached hydrogen (secondary N) is 1. The fraction of sp³-hybridized carbons (Fsp3) is 0.250. The van der Waals surface area contributed by atoms with Crippen LogP contribution in [0.5, 0.6) is 5.75 Å². The van der Waals surface area contributed by atoms with Crippen molar-refractivity contribution in [3.8, 4) is 11.4 Å². The fourth-order valence-electron chi connectivity index (χ4n) is 3.65. The van der Waals surface area contributed by atoms with Crippen LogP contribution in [-0.2, 0) is 5.75 Å². The number of ether oxygens (including phenoxy) is 1. The molecule has 0 saturated carbocycles. The molecule has 4 aromatic rings. The van der Waals surface area contributed by atoms with Gasteiger partial charge < -0.3 is 10.1 Å². The molecule has 6 nitrogen and oxygen atoms in total. The van der Waals surface area contributed by atoms with Crippen LogP contribution in [0.2, 0.25) is 10.0 Å². The van der Waals surface area contributed by atoms with Crippen molar-refractivity contribution in [3.63, 3.8) is 0 Å². The summed E-state index contributed by atoms with van der Waals surface area (Å²) in [6.45, 7) is 4.58. The van der Waals surface area contributed by atoms with Crippen LogP contribution in [-0.4, -0.2) is 27.3 Å². The minimum atomic E-state index is -0.498. The van der Waals surface area contributed by atoms with Gasteiger partial charge in [-0.3, -0.25) is 9.36 Å². The maximum Gasteiger partial charge on any atom is 0.251 e. The first-order valence-electron chi connectivity index (χ1n) is 12.2. The van der Waals surface area contributed by atoms with Gasteiger partial charge in [-0.2, -0.15) is 0 Å². The number of amides is 1. The summed E-state index contributed by atoms with van der Waals surface area (Å²) >= 11 is 14.1. The van der Waals surface area contributed by atoms with Gasteiger partial charge in [-0.25, -0.2) is 4.39 Å². The van der Waals surface area contributed by atoms with Crippen LogP contribution >= 0.6 is 35.0 Å². The number of unbranched alkanes of at least 4 members (excludes halogenated alkanes) is 1. The molecule has 4 rings (SSSR count). The van der Waals surface area contributed by atoms with E-state index in [0.29, 0.717) is 44.6 Å². The zero-order valence-corrected chi connectivity index (χ0v) is 23.3. The number of aromatic nitrogens is 3. The summed E-state index contributed by atoms with van der Waals surface area (Å²) in [4.78, 5) is 13.0. The molecule has 0 aliphatic rings. The molecular weight excluding hydrogens is 546 g/mol. The molecule has 10 heteroatoms. The topological polar surface area (TPSA) is 69.0 Å². The number of hydrogen-bond acceptors (Lipinski definition) is 5. The number of halogens is 3. The molecule has 0 fully saturated rings. The van der Waals surface area contributed by atoms with Gasteiger partial charge in [0, 0.05) is 16.3 Å². The maximum atomic E-state index is 13.3. The number of nitrogens with zero attached hydrogens (tertiary/aromatic N) is 3. The highest BCUT2D eigenvalue weighted by Crippen LogP contribution is 2.32. The molecule has 1 N–H and O–H groups in total. The van der Waals surface area contributed by atoms with Crippen molar-refractivity contribution in [3.05, 3.63) is 99.5 Å². The molecule has 0 saturated heterocycles. The lowest BCUT2D eigenvalue weighted by atomic mass is 10.2. The van der Waals surface area contributed by atoms with Crippen LogP contribution in [0.4, 0.5) is 4.39 Å². The van der Waals surface area contributed by atoms with Crippen molar-refractivity contribution in [1.82, 2.24) is 20.1 Å². The monoisotopic (exact) mass is 572 g/mol. The molecule has 198 valence electrons. The normalized spacial score (nSPS) is 11.8. The van der Waals surface area contributed by atoms with Gasteiger partial charge in [-0.05, 0) is 73.5 Å². The van der Waals surface area contributed by atoms with E-state index in [1.807, 2.05) is 11.5 Å². The van der Waals surface area contributed by atoms with E-state index in [-0.39, 0.29) is 11.7 Å². The predicted molar refractivity (Wildman–Crippen MR) is 150 cm³/mol. The summed E-state index contributed by atoms with van der Waals surface area (Å²) in [7, 11) is 0. The zero-order valence-electron chi connectivity index (χ0n) is 21.0. The maximum absolute atomic E-state index is 13.3. The Hall–Kier alpha value is -3.07. The minimum absolute atomic E-state index is 0.255. The van der Waals surface area contributed by atoms with Crippen molar-refractivity contribution in [2.45, 2.75) is 43.6 Å². The van der Waals surface area contributed by atoms with E-state index in [1.165, 1.54) is 23.9 Å². The lowest BCUT2D eigenvalue weighted by molar-refractivity contribution is 0.0938. The van der Waals surface area contributed by atoms with Crippen LogP contribution in [0.15, 0.2) is 71.9 Å². The number of carbonyl (C=O) groups is 1. The highest BCUT2D eigenvalue weighted by Gasteiger charge is 2.23. The molecule has 0 spiro atoms. The average molecular weight is 574 g/mol. The minimum Gasteiger partial charge on any atom is -0.494 e. The van der Waals surface area contributed by atoms with E-state index in [4.69, 9.17) is 27.9 Å². The Balaban J connectivity index is 1.56. The summed E-state index contributed by atoms with van der Waals surface area (Å²) in [5.74, 6) is 1.22. The van der Waals surface area contributed by atoms with Gasteiger partial charge in [0.1, 0.15) is 11.6 Å². The highest BCUT2D eigenvalue weighted by atomic mass is 35.5. The Morgan fingerprint density at radius 3 is 2.50 bits per heavy atom. The largest absolute Gasteiger partial charge is 0.494 e. The number of benzene rings is 3. The van der Waals surface area contributed by atoms with Crippen LogP contribution in [0.1, 0.15) is 54.5 Å². The Morgan fingerprint density at radius 1 is 1.08 bits per heavy atom. The molecule has 1 atom stereocenters. The first-order valence-corrected chi connectivity index (χ1v) is 13.9. The molecule has 0 radical (unpaired) electrons. The van der Waals surface area contributed by atoms with Gasteiger partial charge in [0.2, 0.25) is 0 Å². The predicted octanol–water partition coefficient (Wildman–Crippen LogP) is 7.68. The molecule has 0 aliphatic carbocycles. The van der Waals surface area contributed by atoms with Crippen LogP contribution in [0.3, 0.4) is 0 Å². The Kier molecular flexibility index (Phi) is 9.66. The van der Waals surface area contributed by atoms with E-state index in [1.54, 1.807) is 54.6 Å². The van der Waals surface area contributed by atoms with Crippen LogP contribution in [0, 0.1) is 5.82 Å². The third kappa shape index (κ3) is 7.07. The van der Waals surface area contributed by atoms with Gasteiger partial charge in [-0.15, -0.1) is 10.2 Å². The second kappa shape index (κ2) is 13.1. The van der Waals surface area contributed by atoms with Gasteiger partial charge in [-0.1, -0.05) is 60.4 Å². The molecule has 0 aliphatic heterocycles. The Bertz CT molecular complexity index is 1380. The zero-order chi connectivity index (χ0) is 27.1. The fourth-order valence-corrected chi connectivity index (χ4v) is 5.05. The third-order valence-corrected chi connectivity index (χ3v) is 7.25. The smallest absolute Gasteiger partial charge is 0.251 e. The molecule has 1 amide bonds. The van der Waals surface area contributed by atoms with Crippen molar-refractivity contribution in [1.29, 1.82) is 0 Å². The Labute approximate surface area is 235 Å². The molecule has 1 aromatic heterocycles. The lowest BCUT2D eigenvalue weighted by Crippen LogP contribution is -2.28. The number of thioether (sulfide) groups is 1. The average Bonchev–Trinajstić information content (AvgIpc) is 3.32. The second-order valence-corrected chi connectivity index (χ2v) is 10.4. The molecule has 38 heavy (non-hydrogen) atoms. The Morgan fingerprint density at radius 2 is 1.82 bits per heavy atom. The number of carbonyl (C=O) groups excluding carboxylic acids is 1. The van der Waals surface area contributed by atoms with Crippen molar-refractivity contribution >= 4 is 40.9 Å². The summed E-state index contributed by atoms with van der Waals surface area (Å²) in [5.41, 5.74) is 2.06. The highest BCUT2D eigenvalue weighted by molar-refractivity contribution is 7.98. The van der Waals surface area contributed by atoms with Gasteiger partial charge in [0.25, 0.3) is 5.91 Å².